The smallest absolute Gasteiger partial charge is 0.337 e. The van der Waals surface area contributed by atoms with E-state index in [2.05, 4.69) is 4.74 Å². The zero-order valence-corrected chi connectivity index (χ0v) is 17.9. The number of methoxy groups -OCH3 is 1. The van der Waals surface area contributed by atoms with Crippen molar-refractivity contribution in [3.63, 3.8) is 0 Å². The standard InChI is InChI=1S/C24H16Cl2O5/c1-29-24(28)15-4-2-14(3-5-15)10-22-23(27)19-9-8-18(12-21(19)31-22)30-13-16-6-7-17(25)11-20(16)26/h2-12H,13H2,1H3/b22-10-. The summed E-state index contributed by atoms with van der Waals surface area (Å²) in [6.07, 6.45) is 1.62. The maximum Gasteiger partial charge on any atom is 0.337 e. The van der Waals surface area contributed by atoms with Gasteiger partial charge in [0.2, 0.25) is 5.78 Å². The van der Waals surface area contributed by atoms with E-state index in [1.165, 1.54) is 7.11 Å². The highest BCUT2D eigenvalue weighted by Gasteiger charge is 2.27. The van der Waals surface area contributed by atoms with Gasteiger partial charge in [-0.2, -0.15) is 0 Å². The number of ketones is 1. The van der Waals surface area contributed by atoms with E-state index in [0.29, 0.717) is 32.7 Å². The van der Waals surface area contributed by atoms with Crippen LogP contribution in [0.1, 0.15) is 31.8 Å². The van der Waals surface area contributed by atoms with E-state index in [1.807, 2.05) is 0 Å². The summed E-state index contributed by atoms with van der Waals surface area (Å²) in [5, 5.41) is 1.07. The maximum absolute atomic E-state index is 12.7. The molecule has 3 aromatic carbocycles. The Morgan fingerprint density at radius 3 is 2.52 bits per heavy atom. The number of fused-ring (bicyclic) bond motifs is 1. The largest absolute Gasteiger partial charge is 0.489 e. The highest BCUT2D eigenvalue weighted by Crippen LogP contribution is 2.35. The zero-order valence-electron chi connectivity index (χ0n) is 16.4. The van der Waals surface area contributed by atoms with E-state index in [4.69, 9.17) is 32.7 Å². The normalized spacial score (nSPS) is 13.6. The summed E-state index contributed by atoms with van der Waals surface area (Å²) in [6.45, 7) is 0.248. The fraction of sp³-hybridized carbons (Fsp3) is 0.0833. The number of hydrogen-bond acceptors (Lipinski definition) is 5. The van der Waals surface area contributed by atoms with Crippen LogP contribution in [0.4, 0.5) is 0 Å². The van der Waals surface area contributed by atoms with Crippen LogP contribution >= 0.6 is 23.2 Å². The van der Waals surface area contributed by atoms with E-state index < -0.39 is 5.97 Å². The molecule has 4 rings (SSSR count). The number of halogens is 2. The molecule has 156 valence electrons. The molecule has 1 aliphatic rings. The summed E-state index contributed by atoms with van der Waals surface area (Å²) in [4.78, 5) is 24.2. The third kappa shape index (κ3) is 4.58. The summed E-state index contributed by atoms with van der Waals surface area (Å²) in [5.74, 6) is 0.508. The van der Waals surface area contributed by atoms with E-state index in [9.17, 15) is 9.59 Å². The number of esters is 1. The van der Waals surface area contributed by atoms with Crippen molar-refractivity contribution in [3.05, 3.63) is 98.7 Å². The van der Waals surface area contributed by atoms with Gasteiger partial charge in [-0.3, -0.25) is 4.79 Å². The van der Waals surface area contributed by atoms with E-state index in [0.717, 1.165) is 11.1 Å². The number of Topliss-reactive ketones (excluding diaryl/α,β-unsaturated/α-hetero) is 1. The SMILES string of the molecule is COC(=O)c1ccc(/C=C2\Oc3cc(OCc4ccc(Cl)cc4Cl)ccc3C2=O)cc1. The molecule has 0 unspecified atom stereocenters. The molecule has 3 aromatic rings. The molecule has 31 heavy (non-hydrogen) atoms. The lowest BCUT2D eigenvalue weighted by Crippen LogP contribution is -2.01. The number of rotatable bonds is 5. The Bertz CT molecular complexity index is 1200. The van der Waals surface area contributed by atoms with Crippen molar-refractivity contribution in [1.29, 1.82) is 0 Å². The van der Waals surface area contributed by atoms with E-state index in [1.54, 1.807) is 66.7 Å². The molecular weight excluding hydrogens is 439 g/mol. The Kier molecular flexibility index (Phi) is 5.98. The van der Waals surface area contributed by atoms with Gasteiger partial charge in [-0.15, -0.1) is 0 Å². The van der Waals surface area contributed by atoms with Crippen molar-refractivity contribution < 1.29 is 23.8 Å². The molecule has 0 saturated heterocycles. The van der Waals surface area contributed by atoms with Crippen molar-refractivity contribution in [3.8, 4) is 11.5 Å². The summed E-state index contributed by atoms with van der Waals surface area (Å²) >= 11 is 12.1. The first-order chi connectivity index (χ1) is 14.9. The van der Waals surface area contributed by atoms with Crippen molar-refractivity contribution in [1.82, 2.24) is 0 Å². The van der Waals surface area contributed by atoms with Crippen LogP contribution in [0, 0.1) is 0 Å². The second kappa shape index (κ2) is 8.84. The maximum atomic E-state index is 12.7. The molecule has 0 aliphatic carbocycles. The van der Waals surface area contributed by atoms with Gasteiger partial charge >= 0.3 is 5.97 Å². The van der Waals surface area contributed by atoms with Crippen LogP contribution in [-0.4, -0.2) is 18.9 Å². The minimum absolute atomic E-state index is 0.193. The number of hydrogen-bond donors (Lipinski definition) is 0. The van der Waals surface area contributed by atoms with Crippen LogP contribution < -0.4 is 9.47 Å². The lowest BCUT2D eigenvalue weighted by Gasteiger charge is -2.09. The Morgan fingerprint density at radius 2 is 1.81 bits per heavy atom. The van der Waals surface area contributed by atoms with Gasteiger partial charge in [0.05, 0.1) is 18.2 Å². The Labute approximate surface area is 188 Å². The molecule has 0 fully saturated rings. The quantitative estimate of drug-likeness (QED) is 0.350. The minimum atomic E-state index is -0.424. The molecule has 1 aliphatic heterocycles. The molecule has 0 saturated carbocycles. The van der Waals surface area contributed by atoms with Gasteiger partial charge in [-0.1, -0.05) is 41.4 Å². The molecule has 7 heteroatoms. The lowest BCUT2D eigenvalue weighted by atomic mass is 10.1. The Hall–Kier alpha value is -3.28. The van der Waals surface area contributed by atoms with Crippen LogP contribution in [0.2, 0.25) is 10.0 Å². The Balaban J connectivity index is 1.48. The van der Waals surface area contributed by atoms with Gasteiger partial charge in [-0.25, -0.2) is 4.79 Å². The van der Waals surface area contributed by atoms with Crippen LogP contribution in [0.5, 0.6) is 11.5 Å². The summed E-state index contributed by atoms with van der Waals surface area (Å²) in [7, 11) is 1.32. The first-order valence-corrected chi connectivity index (χ1v) is 10.0. The van der Waals surface area contributed by atoms with Crippen LogP contribution in [0.3, 0.4) is 0 Å². The number of carbonyl (C=O) groups excluding carboxylic acids is 2. The summed E-state index contributed by atoms with van der Waals surface area (Å²) in [6, 6.07) is 16.9. The van der Waals surface area contributed by atoms with Crippen molar-refractivity contribution in [2.45, 2.75) is 6.61 Å². The number of allylic oxidation sites excluding steroid dienone is 1. The molecular formula is C24H16Cl2O5. The van der Waals surface area contributed by atoms with Crippen molar-refractivity contribution in [2.24, 2.45) is 0 Å². The minimum Gasteiger partial charge on any atom is -0.489 e. The van der Waals surface area contributed by atoms with Gasteiger partial charge in [0, 0.05) is 21.7 Å². The molecule has 0 radical (unpaired) electrons. The second-order valence-electron chi connectivity index (χ2n) is 6.74. The van der Waals surface area contributed by atoms with Crippen molar-refractivity contribution >= 4 is 41.0 Å². The van der Waals surface area contributed by atoms with Gasteiger partial charge in [0.15, 0.2) is 5.76 Å². The van der Waals surface area contributed by atoms with Crippen LogP contribution in [-0.2, 0) is 11.3 Å². The van der Waals surface area contributed by atoms with Crippen LogP contribution in [0.15, 0.2) is 66.4 Å². The highest BCUT2D eigenvalue weighted by molar-refractivity contribution is 6.35. The van der Waals surface area contributed by atoms with Crippen molar-refractivity contribution in [2.75, 3.05) is 7.11 Å². The second-order valence-corrected chi connectivity index (χ2v) is 7.58. The fourth-order valence-corrected chi connectivity index (χ4v) is 3.50. The third-order valence-corrected chi connectivity index (χ3v) is 5.27. The lowest BCUT2D eigenvalue weighted by molar-refractivity contribution is 0.0600. The molecule has 1 heterocycles. The van der Waals surface area contributed by atoms with Gasteiger partial charge < -0.3 is 14.2 Å². The first-order valence-electron chi connectivity index (χ1n) is 9.28. The topological polar surface area (TPSA) is 61.8 Å². The molecule has 0 N–H and O–H groups in total. The van der Waals surface area contributed by atoms with Gasteiger partial charge in [0.1, 0.15) is 18.1 Å². The van der Waals surface area contributed by atoms with Gasteiger partial charge in [0.25, 0.3) is 0 Å². The van der Waals surface area contributed by atoms with Crippen LogP contribution in [0.25, 0.3) is 6.08 Å². The fourth-order valence-electron chi connectivity index (χ4n) is 3.04. The molecule has 0 amide bonds. The monoisotopic (exact) mass is 454 g/mol. The summed E-state index contributed by atoms with van der Waals surface area (Å²) in [5.41, 5.74) is 2.39. The molecule has 0 bridgehead atoms. The van der Waals surface area contributed by atoms with E-state index >= 15 is 0 Å². The third-order valence-electron chi connectivity index (χ3n) is 4.68. The highest BCUT2D eigenvalue weighted by atomic mass is 35.5. The average molecular weight is 455 g/mol. The molecule has 5 nitrogen and oxygen atoms in total. The summed E-state index contributed by atoms with van der Waals surface area (Å²) < 4.78 is 16.2. The Morgan fingerprint density at radius 1 is 1.03 bits per heavy atom. The molecule has 0 spiro atoms. The number of ether oxygens (including phenoxy) is 3. The predicted molar refractivity (Wildman–Crippen MR) is 118 cm³/mol. The number of carbonyl (C=O) groups is 2. The first kappa shape index (κ1) is 21.0. The molecule has 0 atom stereocenters. The van der Waals surface area contributed by atoms with E-state index in [-0.39, 0.29) is 18.1 Å². The number of benzene rings is 3. The molecule has 0 aromatic heterocycles. The average Bonchev–Trinajstić information content (AvgIpc) is 3.07. The van der Waals surface area contributed by atoms with Gasteiger partial charge in [-0.05, 0) is 48.0 Å². The predicted octanol–water partition coefficient (Wildman–Crippen LogP) is 5.98. The zero-order chi connectivity index (χ0) is 22.0.